The van der Waals surface area contributed by atoms with Gasteiger partial charge < -0.3 is 10.4 Å². The molecule has 6 heteroatoms. The van der Waals surface area contributed by atoms with Gasteiger partial charge in [0.25, 0.3) is 0 Å². The smallest absolute Gasteiger partial charge is 0.238 e. The van der Waals surface area contributed by atoms with Crippen molar-refractivity contribution in [3.8, 4) is 0 Å². The lowest BCUT2D eigenvalue weighted by atomic mass is 9.92. The zero-order valence-electron chi connectivity index (χ0n) is 9.64. The van der Waals surface area contributed by atoms with Gasteiger partial charge in [0.2, 0.25) is 5.91 Å². The second-order valence-electron chi connectivity index (χ2n) is 4.44. The molecule has 1 aliphatic rings. The fourth-order valence-corrected chi connectivity index (χ4v) is 2.23. The third-order valence-corrected chi connectivity index (χ3v) is 4.57. The summed E-state index contributed by atoms with van der Waals surface area (Å²) in [6, 6.07) is -0.301. The maximum Gasteiger partial charge on any atom is 0.238 e. The number of amides is 1. The van der Waals surface area contributed by atoms with Gasteiger partial charge in [-0.15, -0.1) is 0 Å². The summed E-state index contributed by atoms with van der Waals surface area (Å²) in [6.45, 7) is 1.36. The quantitative estimate of drug-likeness (QED) is 0.728. The predicted octanol–water partition coefficient (Wildman–Crippen LogP) is -0.161. The lowest BCUT2D eigenvalue weighted by molar-refractivity contribution is -0.122. The maximum absolute atomic E-state index is 11.6. The van der Waals surface area contributed by atoms with Gasteiger partial charge in [-0.2, -0.15) is 0 Å². The summed E-state index contributed by atoms with van der Waals surface area (Å²) in [5, 5.41) is 11.2. The Morgan fingerprint density at radius 2 is 1.94 bits per heavy atom. The minimum Gasteiger partial charge on any atom is -0.391 e. The zero-order valence-corrected chi connectivity index (χ0v) is 10.5. The Kier molecular flexibility index (Phi) is 4.32. The van der Waals surface area contributed by atoms with Crippen LogP contribution in [0.5, 0.6) is 0 Å². The molecular formula is C10H19NO4S. The summed E-state index contributed by atoms with van der Waals surface area (Å²) in [4.78, 5) is 11.6. The summed E-state index contributed by atoms with van der Waals surface area (Å²) < 4.78 is 22.3. The molecule has 0 bridgehead atoms. The SMILES string of the molecule is CC(C(=O)NC1CCCCC1O)S(C)(=O)=O. The third-order valence-electron chi connectivity index (χ3n) is 3.07. The molecule has 1 saturated carbocycles. The van der Waals surface area contributed by atoms with Crippen molar-refractivity contribution in [2.75, 3.05) is 6.26 Å². The highest BCUT2D eigenvalue weighted by Crippen LogP contribution is 2.18. The van der Waals surface area contributed by atoms with Crippen molar-refractivity contribution < 1.29 is 18.3 Å². The van der Waals surface area contributed by atoms with Crippen LogP contribution in [-0.2, 0) is 14.6 Å². The van der Waals surface area contributed by atoms with Crippen LogP contribution in [-0.4, -0.2) is 43.1 Å². The van der Waals surface area contributed by atoms with Crippen molar-refractivity contribution in [1.29, 1.82) is 0 Å². The molecule has 1 aliphatic carbocycles. The van der Waals surface area contributed by atoms with Gasteiger partial charge in [0, 0.05) is 6.26 Å². The van der Waals surface area contributed by atoms with Gasteiger partial charge in [-0.05, 0) is 19.8 Å². The number of sulfone groups is 1. The van der Waals surface area contributed by atoms with E-state index in [1.807, 2.05) is 0 Å². The van der Waals surface area contributed by atoms with Gasteiger partial charge >= 0.3 is 0 Å². The Labute approximate surface area is 96.1 Å². The van der Waals surface area contributed by atoms with E-state index >= 15 is 0 Å². The minimum atomic E-state index is -3.36. The van der Waals surface area contributed by atoms with Crippen molar-refractivity contribution >= 4 is 15.7 Å². The molecule has 0 spiro atoms. The summed E-state index contributed by atoms with van der Waals surface area (Å²) >= 11 is 0. The van der Waals surface area contributed by atoms with Crippen LogP contribution < -0.4 is 5.32 Å². The Balaban J connectivity index is 2.57. The second kappa shape index (κ2) is 5.14. The third kappa shape index (κ3) is 3.45. The van der Waals surface area contributed by atoms with E-state index in [1.54, 1.807) is 0 Å². The zero-order chi connectivity index (χ0) is 12.3. The largest absolute Gasteiger partial charge is 0.391 e. The number of nitrogens with one attached hydrogen (secondary N) is 1. The molecule has 0 aromatic heterocycles. The highest BCUT2D eigenvalue weighted by molar-refractivity contribution is 7.92. The van der Waals surface area contributed by atoms with Gasteiger partial charge in [0.15, 0.2) is 9.84 Å². The molecule has 3 atom stereocenters. The van der Waals surface area contributed by atoms with Crippen molar-refractivity contribution in [2.45, 2.75) is 50.0 Å². The van der Waals surface area contributed by atoms with E-state index in [-0.39, 0.29) is 6.04 Å². The summed E-state index contributed by atoms with van der Waals surface area (Å²) in [6.07, 6.45) is 3.77. The van der Waals surface area contributed by atoms with Gasteiger partial charge in [-0.1, -0.05) is 12.8 Å². The molecule has 0 radical (unpaired) electrons. The van der Waals surface area contributed by atoms with E-state index in [1.165, 1.54) is 6.92 Å². The van der Waals surface area contributed by atoms with Gasteiger partial charge in [0.1, 0.15) is 5.25 Å². The molecule has 0 aromatic rings. The van der Waals surface area contributed by atoms with E-state index in [2.05, 4.69) is 5.32 Å². The first-order chi connectivity index (χ1) is 7.32. The van der Waals surface area contributed by atoms with Crippen molar-refractivity contribution in [3.63, 3.8) is 0 Å². The van der Waals surface area contributed by atoms with Crippen LogP contribution in [0, 0.1) is 0 Å². The molecule has 94 valence electrons. The van der Waals surface area contributed by atoms with E-state index in [0.29, 0.717) is 12.8 Å². The van der Waals surface area contributed by atoms with Gasteiger partial charge in [0.05, 0.1) is 12.1 Å². The van der Waals surface area contributed by atoms with E-state index < -0.39 is 27.1 Å². The number of aliphatic hydroxyl groups is 1. The number of hydrogen-bond donors (Lipinski definition) is 2. The number of carbonyl (C=O) groups excluding carboxylic acids is 1. The first kappa shape index (κ1) is 13.4. The molecule has 0 aliphatic heterocycles. The van der Waals surface area contributed by atoms with Gasteiger partial charge in [-0.3, -0.25) is 4.79 Å². The highest BCUT2D eigenvalue weighted by atomic mass is 32.2. The molecule has 0 aromatic carbocycles. The molecule has 3 unspecified atom stereocenters. The fourth-order valence-electron chi connectivity index (χ4n) is 1.77. The standard InChI is InChI=1S/C10H19NO4S/c1-7(16(2,14)15)10(13)11-8-5-3-4-6-9(8)12/h7-9,12H,3-6H2,1-2H3,(H,11,13). The predicted molar refractivity (Wildman–Crippen MR) is 60.7 cm³/mol. The fraction of sp³-hybridized carbons (Fsp3) is 0.900. The van der Waals surface area contributed by atoms with E-state index in [4.69, 9.17) is 0 Å². The number of hydrogen-bond acceptors (Lipinski definition) is 4. The monoisotopic (exact) mass is 249 g/mol. The number of rotatable bonds is 3. The normalized spacial score (nSPS) is 28.4. The molecular weight excluding hydrogens is 230 g/mol. The molecule has 1 rings (SSSR count). The molecule has 2 N–H and O–H groups in total. The van der Waals surface area contributed by atoms with Gasteiger partial charge in [-0.25, -0.2) is 8.42 Å². The van der Waals surface area contributed by atoms with Crippen LogP contribution >= 0.6 is 0 Å². The highest BCUT2D eigenvalue weighted by Gasteiger charge is 2.29. The summed E-state index contributed by atoms with van der Waals surface area (Å²) in [5.74, 6) is -0.520. The van der Waals surface area contributed by atoms with Crippen LogP contribution in [0.4, 0.5) is 0 Å². The Bertz CT molecular complexity index is 352. The van der Waals surface area contributed by atoms with Crippen LogP contribution in [0.2, 0.25) is 0 Å². The Hall–Kier alpha value is -0.620. The average molecular weight is 249 g/mol. The maximum atomic E-state index is 11.6. The van der Waals surface area contributed by atoms with Crippen LogP contribution in [0.1, 0.15) is 32.6 Å². The van der Waals surface area contributed by atoms with Crippen LogP contribution in [0.25, 0.3) is 0 Å². The Morgan fingerprint density at radius 1 is 1.38 bits per heavy atom. The number of aliphatic hydroxyl groups excluding tert-OH is 1. The van der Waals surface area contributed by atoms with Crippen LogP contribution in [0.15, 0.2) is 0 Å². The van der Waals surface area contributed by atoms with E-state index in [0.717, 1.165) is 19.1 Å². The minimum absolute atomic E-state index is 0.301. The first-order valence-corrected chi connectivity index (χ1v) is 7.45. The molecule has 16 heavy (non-hydrogen) atoms. The second-order valence-corrected chi connectivity index (χ2v) is 6.80. The molecule has 1 fully saturated rings. The van der Waals surface area contributed by atoms with Crippen molar-refractivity contribution in [1.82, 2.24) is 5.32 Å². The molecule has 5 nitrogen and oxygen atoms in total. The van der Waals surface area contributed by atoms with E-state index in [9.17, 15) is 18.3 Å². The topological polar surface area (TPSA) is 83.5 Å². The summed E-state index contributed by atoms with van der Waals surface area (Å²) in [5.41, 5.74) is 0. The molecule has 1 amide bonds. The Morgan fingerprint density at radius 3 is 2.44 bits per heavy atom. The number of carbonyl (C=O) groups is 1. The van der Waals surface area contributed by atoms with Crippen molar-refractivity contribution in [3.05, 3.63) is 0 Å². The lowest BCUT2D eigenvalue weighted by Crippen LogP contribution is -2.49. The average Bonchev–Trinajstić information content (AvgIpc) is 2.19. The summed E-state index contributed by atoms with van der Waals surface area (Å²) in [7, 11) is -3.36. The van der Waals surface area contributed by atoms with Crippen LogP contribution in [0.3, 0.4) is 0 Å². The first-order valence-electron chi connectivity index (χ1n) is 5.49. The lowest BCUT2D eigenvalue weighted by Gasteiger charge is -2.29. The van der Waals surface area contributed by atoms with Crippen molar-refractivity contribution in [2.24, 2.45) is 0 Å². The molecule has 0 saturated heterocycles. The molecule has 0 heterocycles.